The van der Waals surface area contributed by atoms with Crippen molar-refractivity contribution in [1.82, 2.24) is 0 Å². The van der Waals surface area contributed by atoms with Crippen LogP contribution in [0.5, 0.6) is 5.75 Å². The largest absolute Gasteiger partial charge is 0.481 e. The zero-order valence-electron chi connectivity index (χ0n) is 21.5. The zero-order valence-corrected chi connectivity index (χ0v) is 21.5. The predicted octanol–water partition coefficient (Wildman–Crippen LogP) is 4.59. The maximum Gasteiger partial charge on any atom is 0.347 e. The Morgan fingerprint density at radius 3 is 2.53 bits per heavy atom. The molecule has 0 fully saturated rings. The van der Waals surface area contributed by atoms with Crippen molar-refractivity contribution in [2.75, 3.05) is 0 Å². The fraction of sp³-hybridized carbons (Fsp3) is 0.586. The van der Waals surface area contributed by atoms with E-state index in [1.807, 2.05) is 38.1 Å². The van der Waals surface area contributed by atoms with E-state index < -0.39 is 24.3 Å². The molecule has 7 atom stereocenters. The lowest BCUT2D eigenvalue weighted by atomic mass is 9.66. The average molecular weight is 501 g/mol. The molecule has 3 N–H and O–H groups in total. The number of carboxylic acids is 1. The summed E-state index contributed by atoms with van der Waals surface area (Å²) in [5, 5.41) is 29.1. The summed E-state index contributed by atoms with van der Waals surface area (Å²) < 4.78 is 12.0. The van der Waals surface area contributed by atoms with Gasteiger partial charge >= 0.3 is 11.9 Å². The summed E-state index contributed by atoms with van der Waals surface area (Å²) >= 11 is 0. The molecule has 0 spiro atoms. The van der Waals surface area contributed by atoms with E-state index in [4.69, 9.17) is 14.6 Å². The maximum atomic E-state index is 13.2. The van der Waals surface area contributed by atoms with Gasteiger partial charge in [-0.05, 0) is 75.0 Å². The highest BCUT2D eigenvalue weighted by molar-refractivity contribution is 5.75. The topological polar surface area (TPSA) is 113 Å². The molecule has 0 saturated heterocycles. The zero-order chi connectivity index (χ0) is 26.2. The van der Waals surface area contributed by atoms with Crippen LogP contribution < -0.4 is 4.74 Å². The average Bonchev–Trinajstić information content (AvgIpc) is 2.82. The molecule has 2 aliphatic rings. The Balaban J connectivity index is 1.65. The monoisotopic (exact) mass is 500 g/mol. The van der Waals surface area contributed by atoms with Gasteiger partial charge in [-0.15, -0.1) is 0 Å². The molecule has 0 aromatic heterocycles. The Morgan fingerprint density at radius 2 is 1.86 bits per heavy atom. The van der Waals surface area contributed by atoms with Gasteiger partial charge < -0.3 is 24.8 Å². The molecule has 0 bridgehead atoms. The number of aliphatic hydroxyl groups excluding tert-OH is 2. The first kappa shape index (κ1) is 27.9. The summed E-state index contributed by atoms with van der Waals surface area (Å²) in [5.41, 5.74) is 2.28. The summed E-state index contributed by atoms with van der Waals surface area (Å²) in [5.74, 6) is -0.395. The van der Waals surface area contributed by atoms with E-state index in [1.165, 1.54) is 0 Å². The van der Waals surface area contributed by atoms with E-state index >= 15 is 0 Å². The summed E-state index contributed by atoms with van der Waals surface area (Å²) in [7, 11) is 0. The highest BCUT2D eigenvalue weighted by Gasteiger charge is 2.40. The Morgan fingerprint density at radius 1 is 1.14 bits per heavy atom. The van der Waals surface area contributed by atoms with Gasteiger partial charge in [-0.3, -0.25) is 4.79 Å². The van der Waals surface area contributed by atoms with Crippen LogP contribution in [0.4, 0.5) is 0 Å². The van der Waals surface area contributed by atoms with Crippen LogP contribution in [0.3, 0.4) is 0 Å². The first-order chi connectivity index (χ1) is 17.2. The first-order valence-corrected chi connectivity index (χ1v) is 13.1. The Bertz CT molecular complexity index is 935. The Kier molecular flexibility index (Phi) is 10.1. The number of esters is 1. The number of ether oxygens (including phenoxy) is 2. The van der Waals surface area contributed by atoms with Crippen LogP contribution in [-0.2, 0) is 14.3 Å². The number of carbonyl (C=O) groups excluding carboxylic acids is 1. The molecule has 0 unspecified atom stereocenters. The molecule has 1 aromatic rings. The van der Waals surface area contributed by atoms with Gasteiger partial charge in [0.1, 0.15) is 11.9 Å². The minimum Gasteiger partial charge on any atom is -0.481 e. The lowest BCUT2D eigenvalue weighted by Gasteiger charge is -2.42. The van der Waals surface area contributed by atoms with E-state index in [9.17, 15) is 19.8 Å². The predicted molar refractivity (Wildman–Crippen MR) is 136 cm³/mol. The molecule has 0 heterocycles. The second-order valence-electron chi connectivity index (χ2n) is 10.2. The van der Waals surface area contributed by atoms with Crippen molar-refractivity contribution in [1.29, 1.82) is 0 Å². The van der Waals surface area contributed by atoms with Crippen LogP contribution in [-0.4, -0.2) is 51.7 Å². The molecule has 198 valence electrons. The van der Waals surface area contributed by atoms with E-state index in [0.29, 0.717) is 25.0 Å². The number of hydrogen-bond acceptors (Lipinski definition) is 6. The molecule has 0 amide bonds. The molecule has 36 heavy (non-hydrogen) atoms. The molecule has 7 nitrogen and oxygen atoms in total. The number of hydrogen-bond donors (Lipinski definition) is 3. The molecule has 2 aliphatic carbocycles. The number of carbonyl (C=O) groups is 2. The molecule has 0 saturated carbocycles. The molecular weight excluding hydrogens is 460 g/mol. The lowest BCUT2D eigenvalue weighted by Crippen LogP contribution is -2.42. The van der Waals surface area contributed by atoms with Crippen LogP contribution >= 0.6 is 0 Å². The van der Waals surface area contributed by atoms with Crippen LogP contribution in [0.15, 0.2) is 48.1 Å². The summed E-state index contributed by atoms with van der Waals surface area (Å²) in [4.78, 5) is 24.0. The number of aliphatic hydroxyl groups is 2. The normalized spacial score (nSPS) is 25.8. The second kappa shape index (κ2) is 13.1. The summed E-state index contributed by atoms with van der Waals surface area (Å²) in [6.07, 6.45) is 6.51. The molecule has 0 radical (unpaired) electrons. The van der Waals surface area contributed by atoms with Crippen molar-refractivity contribution in [2.24, 2.45) is 17.8 Å². The van der Waals surface area contributed by atoms with Gasteiger partial charge in [0.2, 0.25) is 0 Å². The van der Waals surface area contributed by atoms with Gasteiger partial charge in [0.15, 0.2) is 6.10 Å². The van der Waals surface area contributed by atoms with Gasteiger partial charge in [-0.25, -0.2) is 4.79 Å². The minimum absolute atomic E-state index is 0.0238. The van der Waals surface area contributed by atoms with Crippen LogP contribution in [0, 0.1) is 24.7 Å². The van der Waals surface area contributed by atoms with Crippen molar-refractivity contribution < 1.29 is 34.4 Å². The molecule has 1 aromatic carbocycles. The standard InChI is InChI=1S/C29H40O7/c1-4-25(35-23-13-8-18(2)9-14-23)29(34)36-26-7-5-6-20-11-10-19(3)24(28(20)26)15-12-21(30)16-22(31)17-27(32)33/h6,8-11,13-14,19,21-22,24-26,28,30-31H,4-5,7,12,15-17H2,1-3H3,(H,32,33)/t19-,21-,22-,24+,25-,26+,28+/m1/s1. The Hall–Kier alpha value is -2.64. The Labute approximate surface area is 213 Å². The lowest BCUT2D eigenvalue weighted by molar-refractivity contribution is -0.162. The third-order valence-corrected chi connectivity index (χ3v) is 7.33. The number of aryl methyl sites for hydroxylation is 1. The molecular formula is C29H40O7. The van der Waals surface area contributed by atoms with Crippen LogP contribution in [0.25, 0.3) is 0 Å². The summed E-state index contributed by atoms with van der Waals surface area (Å²) in [6.45, 7) is 6.03. The molecule has 0 aliphatic heterocycles. The smallest absolute Gasteiger partial charge is 0.347 e. The van der Waals surface area contributed by atoms with E-state index in [0.717, 1.165) is 24.0 Å². The van der Waals surface area contributed by atoms with Crippen molar-refractivity contribution in [3.63, 3.8) is 0 Å². The number of carboxylic acid groups (broad SMARTS) is 1. The van der Waals surface area contributed by atoms with Gasteiger partial charge in [-0.2, -0.15) is 0 Å². The van der Waals surface area contributed by atoms with E-state index in [1.54, 1.807) is 0 Å². The fourth-order valence-electron chi connectivity index (χ4n) is 5.36. The number of rotatable bonds is 12. The molecule has 7 heteroatoms. The summed E-state index contributed by atoms with van der Waals surface area (Å²) in [6, 6.07) is 7.60. The fourth-order valence-corrected chi connectivity index (χ4v) is 5.36. The number of allylic oxidation sites excluding steroid dienone is 3. The van der Waals surface area contributed by atoms with Crippen molar-refractivity contribution >= 4 is 11.9 Å². The number of fused-ring (bicyclic) bond motifs is 1. The van der Waals surface area contributed by atoms with E-state index in [-0.39, 0.29) is 42.7 Å². The third-order valence-electron chi connectivity index (χ3n) is 7.33. The second-order valence-corrected chi connectivity index (χ2v) is 10.2. The van der Waals surface area contributed by atoms with Crippen molar-refractivity contribution in [2.45, 2.75) is 90.1 Å². The number of aliphatic carboxylic acids is 1. The SMILES string of the molecule is CC[C@@H](Oc1ccc(C)cc1)C(=O)O[C@H]1CCC=C2C=C[C@@H](C)[C@H](CC[C@@H](O)C[C@@H](O)CC(=O)O)[C@H]21. The first-order valence-electron chi connectivity index (χ1n) is 13.1. The van der Waals surface area contributed by atoms with Gasteiger partial charge in [-0.1, -0.05) is 49.8 Å². The third kappa shape index (κ3) is 7.68. The van der Waals surface area contributed by atoms with E-state index in [2.05, 4.69) is 25.2 Å². The quantitative estimate of drug-likeness (QED) is 0.360. The minimum atomic E-state index is -1.08. The number of benzene rings is 1. The van der Waals surface area contributed by atoms with Gasteiger partial charge in [0.05, 0.1) is 18.6 Å². The van der Waals surface area contributed by atoms with Gasteiger partial charge in [0, 0.05) is 5.92 Å². The van der Waals surface area contributed by atoms with Gasteiger partial charge in [0.25, 0.3) is 0 Å². The molecule has 3 rings (SSSR count). The van der Waals surface area contributed by atoms with Crippen molar-refractivity contribution in [3.8, 4) is 5.75 Å². The van der Waals surface area contributed by atoms with Crippen LogP contribution in [0.1, 0.15) is 64.4 Å². The highest BCUT2D eigenvalue weighted by Crippen LogP contribution is 2.44. The van der Waals surface area contributed by atoms with Crippen molar-refractivity contribution in [3.05, 3.63) is 53.6 Å². The maximum absolute atomic E-state index is 13.2. The van der Waals surface area contributed by atoms with Crippen LogP contribution in [0.2, 0.25) is 0 Å². The highest BCUT2D eigenvalue weighted by atomic mass is 16.6.